The maximum Gasteiger partial charge on any atom is 0.0994 e. The molecule has 0 radical (unpaired) electrons. The molecule has 0 bridgehead atoms. The molecule has 17 heavy (non-hydrogen) atoms. The molecule has 1 unspecified atom stereocenters. The van der Waals surface area contributed by atoms with E-state index in [1.165, 1.54) is 0 Å². The molecule has 0 aromatic heterocycles. The van der Waals surface area contributed by atoms with Crippen molar-refractivity contribution in [2.75, 3.05) is 18.0 Å². The van der Waals surface area contributed by atoms with Crippen molar-refractivity contribution in [1.29, 1.82) is 5.26 Å². The van der Waals surface area contributed by atoms with Crippen LogP contribution in [0.4, 0.5) is 5.69 Å². The quantitative estimate of drug-likeness (QED) is 0.804. The van der Waals surface area contributed by atoms with Crippen LogP contribution >= 0.6 is 0 Å². The first-order chi connectivity index (χ1) is 8.02. The molecule has 1 saturated heterocycles. The molecule has 0 amide bonds. The first-order valence-corrected chi connectivity index (χ1v) is 6.00. The lowest BCUT2D eigenvalue weighted by Crippen LogP contribution is -2.46. The molecule has 0 aliphatic carbocycles. The Morgan fingerprint density at radius 2 is 2.24 bits per heavy atom. The van der Waals surface area contributed by atoms with Gasteiger partial charge in [0.2, 0.25) is 0 Å². The van der Waals surface area contributed by atoms with Gasteiger partial charge in [0.25, 0.3) is 0 Å². The molecule has 1 aliphatic heterocycles. The van der Waals surface area contributed by atoms with Crippen LogP contribution in [0.1, 0.15) is 30.9 Å². The summed E-state index contributed by atoms with van der Waals surface area (Å²) in [4.78, 5) is 2.19. The van der Waals surface area contributed by atoms with Gasteiger partial charge in [-0.3, -0.25) is 0 Å². The van der Waals surface area contributed by atoms with E-state index in [0.29, 0.717) is 6.54 Å². The Labute approximate surface area is 102 Å². The topological polar surface area (TPSA) is 47.3 Å². The average molecular weight is 230 g/mol. The van der Waals surface area contributed by atoms with Crippen LogP contribution in [0.25, 0.3) is 0 Å². The fourth-order valence-electron chi connectivity index (χ4n) is 2.41. The lowest BCUT2D eigenvalue weighted by atomic mass is 9.94. The van der Waals surface area contributed by atoms with Crippen LogP contribution in [0.5, 0.6) is 0 Å². The molecule has 0 spiro atoms. The first kappa shape index (κ1) is 11.9. The number of rotatable bonds is 1. The fraction of sp³-hybridized carbons (Fsp3) is 0.500. The number of aryl methyl sites for hydroxylation is 1. The van der Waals surface area contributed by atoms with Gasteiger partial charge in [-0.2, -0.15) is 5.26 Å². The van der Waals surface area contributed by atoms with Crippen molar-refractivity contribution >= 4 is 5.69 Å². The highest BCUT2D eigenvalue weighted by Crippen LogP contribution is 2.26. The smallest absolute Gasteiger partial charge is 0.0994 e. The summed E-state index contributed by atoms with van der Waals surface area (Å²) in [6.45, 7) is 5.47. The summed E-state index contributed by atoms with van der Waals surface area (Å²) in [5.74, 6) is 0. The number of hydrogen-bond acceptors (Lipinski definition) is 3. The molecule has 1 aromatic rings. The van der Waals surface area contributed by atoms with Gasteiger partial charge in [-0.1, -0.05) is 0 Å². The van der Waals surface area contributed by atoms with Crippen molar-refractivity contribution in [1.82, 2.24) is 0 Å². The second kappa shape index (κ2) is 4.38. The Balaban J connectivity index is 2.23. The fourth-order valence-corrected chi connectivity index (χ4v) is 2.41. The lowest BCUT2D eigenvalue weighted by Gasteiger charge is -2.38. The largest absolute Gasteiger partial charge is 0.388 e. The monoisotopic (exact) mass is 230 g/mol. The van der Waals surface area contributed by atoms with Crippen molar-refractivity contribution in [2.45, 2.75) is 32.3 Å². The normalized spacial score (nSPS) is 24.5. The van der Waals surface area contributed by atoms with E-state index in [2.05, 4.69) is 11.0 Å². The standard InChI is InChI=1S/C14H18N2O/c1-11-8-13(5-4-12(11)9-15)16-7-3-6-14(2,17)10-16/h4-5,8,17H,3,6-7,10H2,1-2H3. The number of anilines is 1. The van der Waals surface area contributed by atoms with Gasteiger partial charge < -0.3 is 10.0 Å². The summed E-state index contributed by atoms with van der Waals surface area (Å²) in [5, 5.41) is 19.0. The number of β-amino-alcohol motifs (C(OH)–C–C–N with tert-alkyl or cyclic N) is 1. The van der Waals surface area contributed by atoms with Crippen LogP contribution in [0.2, 0.25) is 0 Å². The van der Waals surface area contributed by atoms with E-state index in [-0.39, 0.29) is 0 Å². The maximum absolute atomic E-state index is 10.1. The van der Waals surface area contributed by atoms with Crippen LogP contribution < -0.4 is 4.90 Å². The summed E-state index contributed by atoms with van der Waals surface area (Å²) in [5.41, 5.74) is 2.22. The maximum atomic E-state index is 10.1. The van der Waals surface area contributed by atoms with E-state index in [4.69, 9.17) is 5.26 Å². The van der Waals surface area contributed by atoms with E-state index in [0.717, 1.165) is 36.2 Å². The van der Waals surface area contributed by atoms with Crippen molar-refractivity contribution in [3.63, 3.8) is 0 Å². The molecule has 1 N–H and O–H groups in total. The third-order valence-electron chi connectivity index (χ3n) is 3.37. The van der Waals surface area contributed by atoms with Crippen LogP contribution in [0.3, 0.4) is 0 Å². The molecule has 1 aliphatic rings. The molecule has 2 rings (SSSR count). The van der Waals surface area contributed by atoms with Crippen LogP contribution in [-0.4, -0.2) is 23.8 Å². The Bertz CT molecular complexity index is 460. The van der Waals surface area contributed by atoms with Crippen LogP contribution in [0, 0.1) is 18.3 Å². The van der Waals surface area contributed by atoms with E-state index in [9.17, 15) is 5.11 Å². The third-order valence-corrected chi connectivity index (χ3v) is 3.37. The predicted octanol–water partition coefficient (Wildman–Crippen LogP) is 2.22. The second-order valence-corrected chi connectivity index (χ2v) is 5.13. The number of benzene rings is 1. The van der Waals surface area contributed by atoms with E-state index in [1.807, 2.05) is 32.0 Å². The molecule has 3 heteroatoms. The highest BCUT2D eigenvalue weighted by molar-refractivity contribution is 5.54. The van der Waals surface area contributed by atoms with Gasteiger partial charge >= 0.3 is 0 Å². The molecule has 1 atom stereocenters. The second-order valence-electron chi connectivity index (χ2n) is 5.13. The molecular formula is C14H18N2O. The highest BCUT2D eigenvalue weighted by Gasteiger charge is 2.28. The predicted molar refractivity (Wildman–Crippen MR) is 68.0 cm³/mol. The molecule has 1 aromatic carbocycles. The molecular weight excluding hydrogens is 212 g/mol. The number of piperidine rings is 1. The van der Waals surface area contributed by atoms with E-state index < -0.39 is 5.60 Å². The van der Waals surface area contributed by atoms with Gasteiger partial charge in [0.1, 0.15) is 0 Å². The van der Waals surface area contributed by atoms with Crippen molar-refractivity contribution in [2.24, 2.45) is 0 Å². The molecule has 0 saturated carbocycles. The summed E-state index contributed by atoms with van der Waals surface area (Å²) < 4.78 is 0. The highest BCUT2D eigenvalue weighted by atomic mass is 16.3. The van der Waals surface area contributed by atoms with Gasteiger partial charge in [0.15, 0.2) is 0 Å². The number of aliphatic hydroxyl groups is 1. The summed E-state index contributed by atoms with van der Waals surface area (Å²) in [6.07, 6.45) is 1.87. The van der Waals surface area contributed by atoms with Gasteiger partial charge in [0.05, 0.1) is 17.2 Å². The van der Waals surface area contributed by atoms with Gasteiger partial charge in [-0.05, 0) is 50.5 Å². The van der Waals surface area contributed by atoms with Crippen LogP contribution in [0.15, 0.2) is 18.2 Å². The average Bonchev–Trinajstić information content (AvgIpc) is 2.27. The van der Waals surface area contributed by atoms with Gasteiger partial charge in [-0.25, -0.2) is 0 Å². The zero-order valence-electron chi connectivity index (χ0n) is 10.4. The molecule has 90 valence electrons. The number of hydrogen-bond donors (Lipinski definition) is 1. The van der Waals surface area contributed by atoms with E-state index >= 15 is 0 Å². The van der Waals surface area contributed by atoms with Crippen LogP contribution in [-0.2, 0) is 0 Å². The Kier molecular flexibility index (Phi) is 3.08. The van der Waals surface area contributed by atoms with Crippen molar-refractivity contribution < 1.29 is 5.11 Å². The minimum atomic E-state index is -0.597. The minimum absolute atomic E-state index is 0.597. The number of nitriles is 1. The molecule has 1 heterocycles. The molecule has 1 fully saturated rings. The van der Waals surface area contributed by atoms with E-state index in [1.54, 1.807) is 0 Å². The lowest BCUT2D eigenvalue weighted by molar-refractivity contribution is 0.0449. The van der Waals surface area contributed by atoms with Gasteiger partial charge in [0, 0.05) is 18.8 Å². The Hall–Kier alpha value is -1.53. The minimum Gasteiger partial charge on any atom is -0.388 e. The number of nitrogens with zero attached hydrogens (tertiary/aromatic N) is 2. The van der Waals surface area contributed by atoms with Gasteiger partial charge in [-0.15, -0.1) is 0 Å². The zero-order valence-corrected chi connectivity index (χ0v) is 10.4. The van der Waals surface area contributed by atoms with Crippen molar-refractivity contribution in [3.05, 3.63) is 29.3 Å². The summed E-state index contributed by atoms with van der Waals surface area (Å²) in [7, 11) is 0. The summed E-state index contributed by atoms with van der Waals surface area (Å²) in [6, 6.07) is 8.02. The zero-order chi connectivity index (χ0) is 12.5. The third kappa shape index (κ3) is 2.59. The first-order valence-electron chi connectivity index (χ1n) is 6.00. The van der Waals surface area contributed by atoms with Crippen molar-refractivity contribution in [3.8, 4) is 6.07 Å². The SMILES string of the molecule is Cc1cc(N2CCCC(C)(O)C2)ccc1C#N. The Morgan fingerprint density at radius 3 is 2.82 bits per heavy atom. The Morgan fingerprint density at radius 1 is 1.47 bits per heavy atom. The summed E-state index contributed by atoms with van der Waals surface area (Å²) >= 11 is 0. The molecule has 3 nitrogen and oxygen atoms in total.